The second kappa shape index (κ2) is 6.80. The standard InChI is InChI=1S/C16H25NO2/c1-12-10-16(19-3)13(11-15(12)18-2)8-9-17-14-6-4-5-7-14/h10-11,14,17H,4-9H2,1-3H3. The number of nitrogens with one attached hydrogen (secondary N) is 1. The van der Waals surface area contributed by atoms with E-state index in [1.165, 1.54) is 31.2 Å². The van der Waals surface area contributed by atoms with E-state index in [1.807, 2.05) is 6.92 Å². The average molecular weight is 263 g/mol. The van der Waals surface area contributed by atoms with Crippen molar-refractivity contribution < 1.29 is 9.47 Å². The van der Waals surface area contributed by atoms with E-state index in [0.717, 1.165) is 36.1 Å². The number of methoxy groups -OCH3 is 2. The number of hydrogen-bond donors (Lipinski definition) is 1. The van der Waals surface area contributed by atoms with E-state index < -0.39 is 0 Å². The molecule has 0 aromatic heterocycles. The van der Waals surface area contributed by atoms with Crippen LogP contribution in [0.15, 0.2) is 12.1 Å². The van der Waals surface area contributed by atoms with Gasteiger partial charge in [-0.15, -0.1) is 0 Å². The van der Waals surface area contributed by atoms with Crippen molar-refractivity contribution in [1.82, 2.24) is 5.32 Å². The Hall–Kier alpha value is -1.22. The van der Waals surface area contributed by atoms with Crippen LogP contribution < -0.4 is 14.8 Å². The molecule has 1 aromatic rings. The Morgan fingerprint density at radius 1 is 1.11 bits per heavy atom. The molecule has 0 unspecified atom stereocenters. The van der Waals surface area contributed by atoms with Crippen LogP contribution in [0, 0.1) is 6.92 Å². The Bertz CT molecular complexity index is 411. The molecule has 0 spiro atoms. The predicted molar refractivity (Wildman–Crippen MR) is 78.2 cm³/mol. The van der Waals surface area contributed by atoms with Gasteiger partial charge in [-0.3, -0.25) is 0 Å². The van der Waals surface area contributed by atoms with Crippen LogP contribution in [0.25, 0.3) is 0 Å². The first-order chi connectivity index (χ1) is 9.24. The summed E-state index contributed by atoms with van der Waals surface area (Å²) in [6, 6.07) is 4.88. The number of benzene rings is 1. The summed E-state index contributed by atoms with van der Waals surface area (Å²) in [5.74, 6) is 1.91. The Labute approximate surface area is 116 Å². The van der Waals surface area contributed by atoms with Crippen molar-refractivity contribution >= 4 is 0 Å². The molecule has 1 N–H and O–H groups in total. The van der Waals surface area contributed by atoms with Crippen molar-refractivity contribution in [3.63, 3.8) is 0 Å². The molecule has 0 saturated heterocycles. The number of rotatable bonds is 6. The van der Waals surface area contributed by atoms with Gasteiger partial charge in [0.15, 0.2) is 0 Å². The van der Waals surface area contributed by atoms with Gasteiger partial charge in [-0.05, 0) is 56.0 Å². The highest BCUT2D eigenvalue weighted by Crippen LogP contribution is 2.28. The highest BCUT2D eigenvalue weighted by atomic mass is 16.5. The molecule has 1 aliphatic rings. The van der Waals surface area contributed by atoms with Crippen LogP contribution >= 0.6 is 0 Å². The quantitative estimate of drug-likeness (QED) is 0.855. The van der Waals surface area contributed by atoms with Crippen LogP contribution in [0.2, 0.25) is 0 Å². The average Bonchev–Trinajstić information content (AvgIpc) is 2.93. The second-order valence-corrected chi connectivity index (χ2v) is 5.32. The molecule has 0 atom stereocenters. The summed E-state index contributed by atoms with van der Waals surface area (Å²) < 4.78 is 10.9. The third kappa shape index (κ3) is 3.63. The molecule has 106 valence electrons. The topological polar surface area (TPSA) is 30.5 Å². The minimum Gasteiger partial charge on any atom is -0.496 e. The monoisotopic (exact) mass is 263 g/mol. The van der Waals surface area contributed by atoms with E-state index >= 15 is 0 Å². The maximum absolute atomic E-state index is 5.46. The fraction of sp³-hybridized carbons (Fsp3) is 0.625. The molecule has 1 aromatic carbocycles. The van der Waals surface area contributed by atoms with Crippen molar-refractivity contribution in [3.05, 3.63) is 23.3 Å². The van der Waals surface area contributed by atoms with Crippen molar-refractivity contribution in [2.45, 2.75) is 45.1 Å². The molecule has 0 amide bonds. The van der Waals surface area contributed by atoms with Gasteiger partial charge in [0.1, 0.15) is 11.5 Å². The zero-order valence-electron chi connectivity index (χ0n) is 12.3. The maximum atomic E-state index is 5.46. The van der Waals surface area contributed by atoms with Crippen molar-refractivity contribution in [2.24, 2.45) is 0 Å². The molecule has 0 radical (unpaired) electrons. The zero-order chi connectivity index (χ0) is 13.7. The van der Waals surface area contributed by atoms with Gasteiger partial charge in [0.25, 0.3) is 0 Å². The second-order valence-electron chi connectivity index (χ2n) is 5.32. The lowest BCUT2D eigenvalue weighted by atomic mass is 10.1. The molecule has 0 heterocycles. The van der Waals surface area contributed by atoms with Crippen LogP contribution in [0.1, 0.15) is 36.8 Å². The molecule has 1 aliphatic carbocycles. The van der Waals surface area contributed by atoms with Gasteiger partial charge >= 0.3 is 0 Å². The van der Waals surface area contributed by atoms with E-state index in [1.54, 1.807) is 14.2 Å². The van der Waals surface area contributed by atoms with Crippen LogP contribution in [-0.2, 0) is 6.42 Å². The molecule has 2 rings (SSSR count). The predicted octanol–water partition coefficient (Wildman–Crippen LogP) is 3.09. The smallest absolute Gasteiger partial charge is 0.122 e. The summed E-state index contributed by atoms with van der Waals surface area (Å²) >= 11 is 0. The molecular formula is C16H25NO2. The Morgan fingerprint density at radius 2 is 1.79 bits per heavy atom. The van der Waals surface area contributed by atoms with E-state index in [4.69, 9.17) is 9.47 Å². The first-order valence-corrected chi connectivity index (χ1v) is 7.19. The SMILES string of the molecule is COc1cc(CCNC2CCCC2)c(OC)cc1C. The molecule has 1 fully saturated rings. The van der Waals surface area contributed by atoms with Crippen molar-refractivity contribution in [3.8, 4) is 11.5 Å². The lowest BCUT2D eigenvalue weighted by Gasteiger charge is -2.15. The van der Waals surface area contributed by atoms with Crippen molar-refractivity contribution in [1.29, 1.82) is 0 Å². The van der Waals surface area contributed by atoms with Gasteiger partial charge in [-0.2, -0.15) is 0 Å². The van der Waals surface area contributed by atoms with Gasteiger partial charge in [0.2, 0.25) is 0 Å². The fourth-order valence-corrected chi connectivity index (χ4v) is 2.85. The van der Waals surface area contributed by atoms with E-state index in [-0.39, 0.29) is 0 Å². The zero-order valence-corrected chi connectivity index (χ0v) is 12.3. The summed E-state index contributed by atoms with van der Waals surface area (Å²) in [6.07, 6.45) is 6.39. The molecule has 3 nitrogen and oxygen atoms in total. The Morgan fingerprint density at radius 3 is 2.42 bits per heavy atom. The van der Waals surface area contributed by atoms with E-state index in [9.17, 15) is 0 Å². The lowest BCUT2D eigenvalue weighted by molar-refractivity contribution is 0.395. The molecule has 0 bridgehead atoms. The summed E-state index contributed by atoms with van der Waals surface area (Å²) in [7, 11) is 3.45. The Kier molecular flexibility index (Phi) is 5.08. The van der Waals surface area contributed by atoms with Gasteiger partial charge in [-0.1, -0.05) is 12.8 Å². The number of ether oxygens (including phenoxy) is 2. The van der Waals surface area contributed by atoms with Gasteiger partial charge in [-0.25, -0.2) is 0 Å². The largest absolute Gasteiger partial charge is 0.496 e. The minimum atomic E-state index is 0.721. The van der Waals surface area contributed by atoms with E-state index in [2.05, 4.69) is 17.4 Å². The normalized spacial score (nSPS) is 15.7. The third-order valence-corrected chi connectivity index (χ3v) is 3.98. The van der Waals surface area contributed by atoms with E-state index in [0.29, 0.717) is 0 Å². The fourth-order valence-electron chi connectivity index (χ4n) is 2.85. The van der Waals surface area contributed by atoms with Crippen LogP contribution in [0.5, 0.6) is 11.5 Å². The summed E-state index contributed by atoms with van der Waals surface area (Å²) in [6.45, 7) is 3.05. The maximum Gasteiger partial charge on any atom is 0.122 e. The minimum absolute atomic E-state index is 0.721. The first kappa shape index (κ1) is 14.2. The molecule has 1 saturated carbocycles. The highest BCUT2D eigenvalue weighted by Gasteiger charge is 2.14. The Balaban J connectivity index is 1.97. The number of hydrogen-bond acceptors (Lipinski definition) is 3. The third-order valence-electron chi connectivity index (χ3n) is 3.98. The van der Waals surface area contributed by atoms with Gasteiger partial charge in [0.05, 0.1) is 14.2 Å². The first-order valence-electron chi connectivity index (χ1n) is 7.19. The molecule has 0 aliphatic heterocycles. The van der Waals surface area contributed by atoms with Crippen LogP contribution in [0.4, 0.5) is 0 Å². The molecular weight excluding hydrogens is 238 g/mol. The van der Waals surface area contributed by atoms with Gasteiger partial charge in [0, 0.05) is 6.04 Å². The van der Waals surface area contributed by atoms with Crippen molar-refractivity contribution in [2.75, 3.05) is 20.8 Å². The molecule has 3 heteroatoms. The van der Waals surface area contributed by atoms with Gasteiger partial charge < -0.3 is 14.8 Å². The summed E-state index contributed by atoms with van der Waals surface area (Å²) in [5.41, 5.74) is 2.34. The summed E-state index contributed by atoms with van der Waals surface area (Å²) in [4.78, 5) is 0. The molecule has 19 heavy (non-hydrogen) atoms. The number of aryl methyl sites for hydroxylation is 1. The summed E-state index contributed by atoms with van der Waals surface area (Å²) in [5, 5.41) is 3.64. The lowest BCUT2D eigenvalue weighted by Crippen LogP contribution is -2.28. The highest BCUT2D eigenvalue weighted by molar-refractivity contribution is 5.46. The van der Waals surface area contributed by atoms with Crippen LogP contribution in [0.3, 0.4) is 0 Å². The van der Waals surface area contributed by atoms with Crippen LogP contribution in [-0.4, -0.2) is 26.8 Å².